The fourth-order valence-electron chi connectivity index (χ4n) is 2.12. The number of carbonyl (C=O) groups excluding carboxylic acids is 1. The summed E-state index contributed by atoms with van der Waals surface area (Å²) in [5, 5.41) is 5.84. The van der Waals surface area contributed by atoms with Gasteiger partial charge >= 0.3 is 0 Å². The van der Waals surface area contributed by atoms with E-state index < -0.39 is 0 Å². The van der Waals surface area contributed by atoms with Gasteiger partial charge in [-0.1, -0.05) is 50.1 Å². The summed E-state index contributed by atoms with van der Waals surface area (Å²) in [6.45, 7) is 4.80. The van der Waals surface area contributed by atoms with Crippen LogP contribution in [0, 0.1) is 0 Å². The van der Waals surface area contributed by atoms with Crippen LogP contribution in [0.1, 0.15) is 38.7 Å². The minimum atomic E-state index is -0.216. The Morgan fingerprint density at radius 3 is 2.67 bits per heavy atom. The van der Waals surface area contributed by atoms with Gasteiger partial charge in [-0.2, -0.15) is 9.97 Å². The Balaban J connectivity index is 2.05. The van der Waals surface area contributed by atoms with Crippen molar-refractivity contribution in [3.05, 3.63) is 42.0 Å². The molecule has 0 atom stereocenters. The van der Waals surface area contributed by atoms with Crippen molar-refractivity contribution in [2.24, 2.45) is 0 Å². The number of aromatic nitrogens is 2. The predicted octanol–water partition coefficient (Wildman–Crippen LogP) is 3.62. The van der Waals surface area contributed by atoms with Gasteiger partial charge in [0.1, 0.15) is 5.82 Å². The molecule has 1 amide bonds. The predicted molar refractivity (Wildman–Crippen MR) is 95.1 cm³/mol. The molecule has 0 radical (unpaired) electrons. The largest absolute Gasteiger partial charge is 0.477 e. The maximum atomic E-state index is 11.3. The summed E-state index contributed by atoms with van der Waals surface area (Å²) >= 11 is 0. The lowest BCUT2D eigenvalue weighted by Crippen LogP contribution is -2.12. The summed E-state index contributed by atoms with van der Waals surface area (Å²) < 4.78 is 5.68. The zero-order chi connectivity index (χ0) is 17.2. The van der Waals surface area contributed by atoms with Crippen LogP contribution in [0.15, 0.2) is 36.4 Å². The molecule has 6 nitrogen and oxygen atoms in total. The third-order valence-corrected chi connectivity index (χ3v) is 3.30. The fourth-order valence-corrected chi connectivity index (χ4v) is 2.12. The molecular formula is C18H24N4O2. The van der Waals surface area contributed by atoms with Crippen molar-refractivity contribution in [3.63, 3.8) is 0 Å². The Kier molecular flexibility index (Phi) is 7.01. The molecule has 2 N–H and O–H groups in total. The van der Waals surface area contributed by atoms with Crippen LogP contribution in [-0.4, -0.2) is 22.5 Å². The number of amides is 1. The summed E-state index contributed by atoms with van der Waals surface area (Å²) in [6.07, 6.45) is 3.22. The van der Waals surface area contributed by atoms with Crippen LogP contribution in [0.2, 0.25) is 0 Å². The van der Waals surface area contributed by atoms with Gasteiger partial charge in [-0.25, -0.2) is 0 Å². The van der Waals surface area contributed by atoms with Gasteiger partial charge < -0.3 is 10.1 Å². The highest BCUT2D eigenvalue weighted by atomic mass is 16.5. The van der Waals surface area contributed by atoms with Crippen molar-refractivity contribution in [1.29, 1.82) is 0 Å². The first-order valence-corrected chi connectivity index (χ1v) is 8.24. The highest BCUT2D eigenvalue weighted by Crippen LogP contribution is 2.17. The molecule has 0 saturated heterocycles. The summed E-state index contributed by atoms with van der Waals surface area (Å²) in [4.78, 5) is 19.8. The first-order valence-electron chi connectivity index (χ1n) is 8.24. The minimum Gasteiger partial charge on any atom is -0.477 e. The zero-order valence-corrected chi connectivity index (χ0v) is 14.2. The molecule has 0 aliphatic carbocycles. The third-order valence-electron chi connectivity index (χ3n) is 3.30. The van der Waals surface area contributed by atoms with Crippen LogP contribution in [-0.2, 0) is 11.3 Å². The van der Waals surface area contributed by atoms with Crippen LogP contribution in [0.25, 0.3) is 0 Å². The second kappa shape index (κ2) is 9.50. The van der Waals surface area contributed by atoms with Crippen molar-refractivity contribution in [1.82, 2.24) is 9.97 Å². The molecule has 6 heteroatoms. The highest BCUT2D eigenvalue weighted by molar-refractivity contribution is 5.86. The van der Waals surface area contributed by atoms with E-state index in [9.17, 15) is 4.79 Å². The van der Waals surface area contributed by atoms with E-state index in [-0.39, 0.29) is 11.9 Å². The highest BCUT2D eigenvalue weighted by Gasteiger charge is 2.07. The Morgan fingerprint density at radius 1 is 1.17 bits per heavy atom. The van der Waals surface area contributed by atoms with E-state index in [1.54, 1.807) is 6.07 Å². The van der Waals surface area contributed by atoms with Gasteiger partial charge in [0.15, 0.2) is 0 Å². The molecule has 0 fully saturated rings. The SMILES string of the molecule is CCCCCOc1cc(NCc2ccccc2)nc(NC(C)=O)n1. The maximum absolute atomic E-state index is 11.3. The lowest BCUT2D eigenvalue weighted by Gasteiger charge is -2.11. The number of rotatable bonds is 9. The molecule has 0 aliphatic heterocycles. The summed E-state index contributed by atoms with van der Waals surface area (Å²) in [6, 6.07) is 11.8. The molecule has 0 bridgehead atoms. The van der Waals surface area contributed by atoms with E-state index in [1.807, 2.05) is 30.3 Å². The van der Waals surface area contributed by atoms with Crippen LogP contribution >= 0.6 is 0 Å². The fraction of sp³-hybridized carbons (Fsp3) is 0.389. The van der Waals surface area contributed by atoms with Crippen molar-refractivity contribution in [2.45, 2.75) is 39.7 Å². The zero-order valence-electron chi connectivity index (χ0n) is 14.2. The van der Waals surface area contributed by atoms with Gasteiger partial charge in [0.25, 0.3) is 0 Å². The Bertz CT molecular complexity index is 647. The molecule has 2 aromatic rings. The topological polar surface area (TPSA) is 76.1 Å². The normalized spacial score (nSPS) is 10.2. The van der Waals surface area contributed by atoms with E-state index in [4.69, 9.17) is 4.74 Å². The Labute approximate surface area is 142 Å². The quantitative estimate of drug-likeness (QED) is 0.688. The van der Waals surface area contributed by atoms with Crippen LogP contribution in [0.5, 0.6) is 5.88 Å². The van der Waals surface area contributed by atoms with E-state index >= 15 is 0 Å². The van der Waals surface area contributed by atoms with Crippen molar-refractivity contribution >= 4 is 17.7 Å². The van der Waals surface area contributed by atoms with Gasteiger partial charge in [-0.05, 0) is 12.0 Å². The van der Waals surface area contributed by atoms with Crippen LogP contribution in [0.4, 0.5) is 11.8 Å². The van der Waals surface area contributed by atoms with Gasteiger partial charge in [-0.15, -0.1) is 0 Å². The number of anilines is 2. The van der Waals surface area contributed by atoms with Gasteiger partial charge in [0.2, 0.25) is 17.7 Å². The molecule has 0 aliphatic rings. The number of benzene rings is 1. The molecule has 0 spiro atoms. The lowest BCUT2D eigenvalue weighted by atomic mass is 10.2. The van der Waals surface area contributed by atoms with Crippen LogP contribution < -0.4 is 15.4 Å². The van der Waals surface area contributed by atoms with Crippen molar-refractivity contribution in [3.8, 4) is 5.88 Å². The molecule has 128 valence electrons. The first kappa shape index (κ1) is 17.7. The Hall–Kier alpha value is -2.63. The molecule has 24 heavy (non-hydrogen) atoms. The number of hydrogen-bond donors (Lipinski definition) is 2. The summed E-state index contributed by atoms with van der Waals surface area (Å²) in [7, 11) is 0. The van der Waals surface area contributed by atoms with E-state index in [0.717, 1.165) is 24.8 Å². The molecule has 1 aromatic heterocycles. The van der Waals surface area contributed by atoms with Gasteiger partial charge in [0.05, 0.1) is 6.61 Å². The Morgan fingerprint density at radius 2 is 1.96 bits per heavy atom. The van der Waals surface area contributed by atoms with Crippen LogP contribution in [0.3, 0.4) is 0 Å². The van der Waals surface area contributed by atoms with E-state index in [1.165, 1.54) is 6.92 Å². The van der Waals surface area contributed by atoms with Crippen molar-refractivity contribution in [2.75, 3.05) is 17.2 Å². The standard InChI is InChI=1S/C18H24N4O2/c1-3-4-8-11-24-17-12-16(21-18(22-17)20-14(2)23)19-13-15-9-6-5-7-10-15/h5-7,9-10,12H,3-4,8,11,13H2,1-2H3,(H2,19,20,21,22,23). The molecule has 1 heterocycles. The average Bonchev–Trinajstić information content (AvgIpc) is 2.57. The van der Waals surface area contributed by atoms with E-state index in [0.29, 0.717) is 24.8 Å². The molecule has 1 aromatic carbocycles. The minimum absolute atomic E-state index is 0.216. The second-order valence-electron chi connectivity index (χ2n) is 5.49. The monoisotopic (exact) mass is 328 g/mol. The number of hydrogen-bond acceptors (Lipinski definition) is 5. The lowest BCUT2D eigenvalue weighted by molar-refractivity contribution is -0.114. The summed E-state index contributed by atoms with van der Waals surface area (Å²) in [5.74, 6) is 1.10. The van der Waals surface area contributed by atoms with E-state index in [2.05, 4.69) is 27.5 Å². The number of carbonyl (C=O) groups is 1. The molecule has 0 saturated carbocycles. The number of nitrogens with one attached hydrogen (secondary N) is 2. The number of nitrogens with zero attached hydrogens (tertiary/aromatic N) is 2. The molecular weight excluding hydrogens is 304 g/mol. The molecule has 2 rings (SSSR count). The summed E-state index contributed by atoms with van der Waals surface area (Å²) in [5.41, 5.74) is 1.14. The number of ether oxygens (including phenoxy) is 1. The number of unbranched alkanes of at least 4 members (excludes halogenated alkanes) is 2. The van der Waals surface area contributed by atoms with Gasteiger partial charge in [0, 0.05) is 19.5 Å². The first-order chi connectivity index (χ1) is 11.7. The van der Waals surface area contributed by atoms with Gasteiger partial charge in [-0.3, -0.25) is 10.1 Å². The third kappa shape index (κ3) is 6.24. The molecule has 0 unspecified atom stereocenters. The second-order valence-corrected chi connectivity index (χ2v) is 5.49. The average molecular weight is 328 g/mol. The maximum Gasteiger partial charge on any atom is 0.234 e. The smallest absolute Gasteiger partial charge is 0.234 e. The van der Waals surface area contributed by atoms with Crippen molar-refractivity contribution < 1.29 is 9.53 Å².